The number of hydrogen-bond donors (Lipinski definition) is 3. The van der Waals surface area contributed by atoms with E-state index >= 15 is 0 Å². The van der Waals surface area contributed by atoms with Crippen molar-refractivity contribution in [3.63, 3.8) is 0 Å². The van der Waals surface area contributed by atoms with Crippen molar-refractivity contribution in [1.29, 1.82) is 0 Å². The number of carbonyl (C=O) groups excluding carboxylic acids is 3. The lowest BCUT2D eigenvalue weighted by Gasteiger charge is -2.31. The summed E-state index contributed by atoms with van der Waals surface area (Å²) in [7, 11) is 0. The van der Waals surface area contributed by atoms with Crippen LogP contribution in [0.2, 0.25) is 0 Å². The van der Waals surface area contributed by atoms with Crippen LogP contribution in [0.3, 0.4) is 0 Å². The van der Waals surface area contributed by atoms with Crippen molar-refractivity contribution in [2.45, 2.75) is 19.8 Å². The average molecular weight is 345 g/mol. The first kappa shape index (κ1) is 18.2. The van der Waals surface area contributed by atoms with Crippen molar-refractivity contribution in [2.75, 3.05) is 11.9 Å². The molecule has 3 N–H and O–H groups in total. The van der Waals surface area contributed by atoms with E-state index in [1.807, 2.05) is 6.92 Å². The number of barbiturate groups is 1. The maximum absolute atomic E-state index is 12.5. The molecule has 1 saturated heterocycles. The third-order valence-corrected chi connectivity index (χ3v) is 3.77. The number of carboxylic acids is 1. The summed E-state index contributed by atoms with van der Waals surface area (Å²) in [6.45, 7) is 5.88. The van der Waals surface area contributed by atoms with Crippen LogP contribution in [0.15, 0.2) is 36.5 Å². The Labute approximate surface area is 144 Å². The molecule has 132 valence electrons. The fourth-order valence-electron chi connectivity index (χ4n) is 2.40. The van der Waals surface area contributed by atoms with Crippen LogP contribution in [-0.2, 0) is 9.59 Å². The minimum atomic E-state index is -1.23. The molecule has 0 unspecified atom stereocenters. The minimum absolute atomic E-state index is 0.110. The minimum Gasteiger partial charge on any atom is -0.478 e. The summed E-state index contributed by atoms with van der Waals surface area (Å²) >= 11 is 0. The Bertz CT molecular complexity index is 726. The van der Waals surface area contributed by atoms with Gasteiger partial charge in [0.25, 0.3) is 0 Å². The van der Waals surface area contributed by atoms with Crippen LogP contribution in [0, 0.1) is 5.92 Å². The standard InChI is InChI=1S/C17H19N3O5/c1-3-4-9-20-15(22)13(14(21)19-17(20)25)10(2)18-12-7-5-11(6-8-12)16(23)24/h5-8,13,18H,2-4,9H2,1H3,(H,23,24)(H,19,21,25)/t13-/m1/s1. The predicted molar refractivity (Wildman–Crippen MR) is 89.8 cm³/mol. The van der Waals surface area contributed by atoms with Gasteiger partial charge in [0.2, 0.25) is 11.8 Å². The zero-order valence-electron chi connectivity index (χ0n) is 13.7. The zero-order chi connectivity index (χ0) is 18.6. The number of amides is 4. The van der Waals surface area contributed by atoms with Crippen LogP contribution in [0.25, 0.3) is 0 Å². The highest BCUT2D eigenvalue weighted by atomic mass is 16.4. The molecule has 0 spiro atoms. The number of aromatic carboxylic acids is 1. The normalized spacial score (nSPS) is 17.2. The van der Waals surface area contributed by atoms with Crippen LogP contribution in [-0.4, -0.2) is 40.4 Å². The number of unbranched alkanes of at least 4 members (excludes halogenated alkanes) is 1. The molecule has 1 fully saturated rings. The lowest BCUT2D eigenvalue weighted by molar-refractivity contribution is -0.140. The van der Waals surface area contributed by atoms with Crippen molar-refractivity contribution < 1.29 is 24.3 Å². The van der Waals surface area contributed by atoms with Crippen LogP contribution in [0.4, 0.5) is 10.5 Å². The molecule has 0 radical (unpaired) electrons. The molecule has 1 heterocycles. The predicted octanol–water partition coefficient (Wildman–Crippen LogP) is 1.81. The second kappa shape index (κ2) is 7.61. The molecule has 1 aliphatic rings. The smallest absolute Gasteiger partial charge is 0.335 e. The summed E-state index contributed by atoms with van der Waals surface area (Å²) in [5.74, 6) is -3.64. The molecule has 8 nitrogen and oxygen atoms in total. The fourth-order valence-corrected chi connectivity index (χ4v) is 2.40. The highest BCUT2D eigenvalue weighted by Crippen LogP contribution is 2.21. The summed E-state index contributed by atoms with van der Waals surface area (Å²) < 4.78 is 0. The number of hydrogen-bond acceptors (Lipinski definition) is 5. The van der Waals surface area contributed by atoms with Crippen molar-refractivity contribution in [1.82, 2.24) is 10.2 Å². The number of benzene rings is 1. The Hall–Kier alpha value is -3.16. The molecule has 1 aromatic rings. The summed E-state index contributed by atoms with van der Waals surface area (Å²) in [4.78, 5) is 48.2. The molecule has 1 atom stereocenters. The number of nitrogens with zero attached hydrogens (tertiary/aromatic N) is 1. The van der Waals surface area contributed by atoms with Crippen LogP contribution >= 0.6 is 0 Å². The van der Waals surface area contributed by atoms with Gasteiger partial charge in [-0.15, -0.1) is 0 Å². The van der Waals surface area contributed by atoms with Crippen LogP contribution in [0.5, 0.6) is 0 Å². The van der Waals surface area contributed by atoms with E-state index in [9.17, 15) is 19.2 Å². The lowest BCUT2D eigenvalue weighted by Crippen LogP contribution is -2.58. The third kappa shape index (κ3) is 4.03. The summed E-state index contributed by atoms with van der Waals surface area (Å²) in [5, 5.41) is 13.9. The van der Waals surface area contributed by atoms with Gasteiger partial charge in [0.1, 0.15) is 0 Å². The van der Waals surface area contributed by atoms with Gasteiger partial charge in [-0.1, -0.05) is 19.9 Å². The third-order valence-electron chi connectivity index (χ3n) is 3.77. The largest absolute Gasteiger partial charge is 0.478 e. The van der Waals surface area contributed by atoms with Crippen LogP contribution in [0.1, 0.15) is 30.1 Å². The van der Waals surface area contributed by atoms with Gasteiger partial charge >= 0.3 is 12.0 Å². The maximum atomic E-state index is 12.5. The highest BCUT2D eigenvalue weighted by molar-refractivity contribution is 6.17. The monoisotopic (exact) mass is 345 g/mol. The topological polar surface area (TPSA) is 116 Å². The molecular weight excluding hydrogens is 326 g/mol. The molecule has 1 aliphatic heterocycles. The first-order valence-electron chi connectivity index (χ1n) is 7.80. The Kier molecular flexibility index (Phi) is 5.53. The Morgan fingerprint density at radius 1 is 1.28 bits per heavy atom. The molecule has 0 bridgehead atoms. The van der Waals surface area contributed by atoms with E-state index in [0.717, 1.165) is 11.3 Å². The Morgan fingerprint density at radius 2 is 1.92 bits per heavy atom. The van der Waals surface area contributed by atoms with E-state index < -0.39 is 29.7 Å². The molecule has 2 rings (SSSR count). The van der Waals surface area contributed by atoms with Gasteiger partial charge in [0, 0.05) is 17.9 Å². The molecule has 0 saturated carbocycles. The molecule has 25 heavy (non-hydrogen) atoms. The number of carboxylic acid groups (broad SMARTS) is 1. The molecule has 0 aromatic heterocycles. The molecular formula is C17H19N3O5. The lowest BCUT2D eigenvalue weighted by atomic mass is 10.0. The first-order chi connectivity index (χ1) is 11.8. The summed E-state index contributed by atoms with van der Waals surface area (Å²) in [5.41, 5.74) is 0.700. The second-order valence-corrected chi connectivity index (χ2v) is 5.60. The van der Waals surface area contributed by atoms with Gasteiger partial charge in [-0.05, 0) is 30.7 Å². The number of carbonyl (C=O) groups is 4. The summed E-state index contributed by atoms with van der Waals surface area (Å²) in [6, 6.07) is 5.05. The first-order valence-corrected chi connectivity index (χ1v) is 7.80. The quantitative estimate of drug-likeness (QED) is 0.649. The van der Waals surface area contributed by atoms with Gasteiger partial charge in [0.15, 0.2) is 5.92 Å². The van der Waals surface area contributed by atoms with Crippen molar-refractivity contribution in [3.8, 4) is 0 Å². The molecule has 8 heteroatoms. The van der Waals surface area contributed by atoms with E-state index in [4.69, 9.17) is 5.11 Å². The SMILES string of the molecule is C=C(Nc1ccc(C(=O)O)cc1)[C@@H]1C(=O)NC(=O)N(CCCC)C1=O. The number of rotatable bonds is 7. The van der Waals surface area contributed by atoms with E-state index in [1.54, 1.807) is 0 Å². The zero-order valence-corrected chi connectivity index (χ0v) is 13.7. The highest BCUT2D eigenvalue weighted by Gasteiger charge is 2.41. The van der Waals surface area contributed by atoms with E-state index in [2.05, 4.69) is 17.2 Å². The average Bonchev–Trinajstić information content (AvgIpc) is 2.54. The number of nitrogens with one attached hydrogen (secondary N) is 2. The van der Waals surface area contributed by atoms with E-state index in [-0.39, 0.29) is 17.8 Å². The van der Waals surface area contributed by atoms with Gasteiger partial charge in [0.05, 0.1) is 5.56 Å². The second-order valence-electron chi connectivity index (χ2n) is 5.60. The van der Waals surface area contributed by atoms with Crippen LogP contribution < -0.4 is 10.6 Å². The number of urea groups is 1. The molecule has 1 aromatic carbocycles. The maximum Gasteiger partial charge on any atom is 0.335 e. The number of imide groups is 2. The molecule has 0 aliphatic carbocycles. The van der Waals surface area contributed by atoms with E-state index in [1.165, 1.54) is 24.3 Å². The fraction of sp³-hybridized carbons (Fsp3) is 0.294. The van der Waals surface area contributed by atoms with Gasteiger partial charge in [-0.2, -0.15) is 0 Å². The van der Waals surface area contributed by atoms with Gasteiger partial charge in [-0.3, -0.25) is 19.8 Å². The Balaban J connectivity index is 2.13. The number of anilines is 1. The van der Waals surface area contributed by atoms with Crippen molar-refractivity contribution in [2.24, 2.45) is 5.92 Å². The Morgan fingerprint density at radius 3 is 2.48 bits per heavy atom. The van der Waals surface area contributed by atoms with E-state index in [0.29, 0.717) is 12.1 Å². The summed E-state index contributed by atoms with van der Waals surface area (Å²) in [6.07, 6.45) is 1.43. The van der Waals surface area contributed by atoms with Gasteiger partial charge in [-0.25, -0.2) is 9.59 Å². The van der Waals surface area contributed by atoms with Crippen molar-refractivity contribution >= 4 is 29.5 Å². The van der Waals surface area contributed by atoms with Gasteiger partial charge < -0.3 is 10.4 Å². The van der Waals surface area contributed by atoms with Crippen molar-refractivity contribution in [3.05, 3.63) is 42.1 Å². The molecule has 4 amide bonds.